The van der Waals surface area contributed by atoms with Gasteiger partial charge in [0.25, 0.3) is 0 Å². The Morgan fingerprint density at radius 2 is 2.36 bits per heavy atom. The molecule has 14 heavy (non-hydrogen) atoms. The minimum absolute atomic E-state index is 0.503. The van der Waals surface area contributed by atoms with Crippen LogP contribution in [0.1, 0.15) is 17.9 Å². The Morgan fingerprint density at radius 3 is 2.93 bits per heavy atom. The fourth-order valence-corrected chi connectivity index (χ4v) is 1.80. The second kappa shape index (κ2) is 3.88. The number of methoxy groups -OCH3 is 1. The van der Waals surface area contributed by atoms with Crippen LogP contribution in [0.5, 0.6) is 5.75 Å². The molecule has 1 aromatic carbocycles. The van der Waals surface area contributed by atoms with Gasteiger partial charge in [-0.1, -0.05) is 6.07 Å². The minimum atomic E-state index is 0.503. The summed E-state index contributed by atoms with van der Waals surface area (Å²) in [5.74, 6) is 1.25. The summed E-state index contributed by atoms with van der Waals surface area (Å²) in [7, 11) is 1.63. The van der Waals surface area contributed by atoms with Crippen LogP contribution in [0.4, 0.5) is 5.69 Å². The fourth-order valence-electron chi connectivity index (χ4n) is 1.80. The van der Waals surface area contributed by atoms with E-state index in [1.54, 1.807) is 7.11 Å². The molecule has 0 amide bonds. The van der Waals surface area contributed by atoms with Crippen LogP contribution in [0.3, 0.4) is 0 Å². The highest BCUT2D eigenvalue weighted by atomic mass is 16.5. The Morgan fingerprint density at radius 1 is 1.50 bits per heavy atom. The Hall–Kier alpha value is -1.22. The summed E-state index contributed by atoms with van der Waals surface area (Å²) in [6, 6.07) is 5.97. The van der Waals surface area contributed by atoms with Crippen LogP contribution in [0.25, 0.3) is 0 Å². The quantitative estimate of drug-likeness (QED) is 0.728. The van der Waals surface area contributed by atoms with Gasteiger partial charge in [-0.25, -0.2) is 0 Å². The fraction of sp³-hybridized carbons (Fsp3) is 0.455. The molecule has 0 aliphatic carbocycles. The molecule has 3 heteroatoms. The highest BCUT2D eigenvalue weighted by Gasteiger charge is 2.18. The SMILES string of the molecule is COc1ccc(C2CCOC2)cc1N. The molecule has 1 aliphatic rings. The van der Waals surface area contributed by atoms with Crippen molar-refractivity contribution in [3.8, 4) is 5.75 Å². The number of anilines is 1. The first-order valence-corrected chi connectivity index (χ1v) is 4.82. The highest BCUT2D eigenvalue weighted by molar-refractivity contribution is 5.54. The lowest BCUT2D eigenvalue weighted by Gasteiger charge is -2.10. The molecule has 2 rings (SSSR count). The highest BCUT2D eigenvalue weighted by Crippen LogP contribution is 2.30. The molecule has 1 aromatic rings. The Kier molecular flexibility index (Phi) is 2.59. The summed E-state index contributed by atoms with van der Waals surface area (Å²) < 4.78 is 10.4. The lowest BCUT2D eigenvalue weighted by Crippen LogP contribution is -2.00. The van der Waals surface area contributed by atoms with Crippen molar-refractivity contribution in [1.82, 2.24) is 0 Å². The maximum atomic E-state index is 5.83. The van der Waals surface area contributed by atoms with E-state index in [1.165, 1.54) is 5.56 Å². The molecule has 76 valence electrons. The van der Waals surface area contributed by atoms with Crippen molar-refractivity contribution in [3.05, 3.63) is 23.8 Å². The van der Waals surface area contributed by atoms with Crippen LogP contribution in [-0.4, -0.2) is 20.3 Å². The zero-order valence-electron chi connectivity index (χ0n) is 8.32. The van der Waals surface area contributed by atoms with Gasteiger partial charge in [0.2, 0.25) is 0 Å². The topological polar surface area (TPSA) is 44.5 Å². The van der Waals surface area contributed by atoms with E-state index in [-0.39, 0.29) is 0 Å². The molecule has 2 N–H and O–H groups in total. The van der Waals surface area contributed by atoms with Crippen molar-refractivity contribution in [2.45, 2.75) is 12.3 Å². The van der Waals surface area contributed by atoms with Crippen LogP contribution >= 0.6 is 0 Å². The van der Waals surface area contributed by atoms with Gasteiger partial charge in [0, 0.05) is 12.5 Å². The molecule has 0 bridgehead atoms. The molecule has 3 nitrogen and oxygen atoms in total. The van der Waals surface area contributed by atoms with Gasteiger partial charge < -0.3 is 15.2 Å². The zero-order valence-corrected chi connectivity index (χ0v) is 8.32. The Balaban J connectivity index is 2.23. The Bertz CT molecular complexity index is 319. The van der Waals surface area contributed by atoms with Gasteiger partial charge in [0.15, 0.2) is 0 Å². The third kappa shape index (κ3) is 1.68. The van der Waals surface area contributed by atoms with Gasteiger partial charge >= 0.3 is 0 Å². The predicted octanol–water partition coefficient (Wildman–Crippen LogP) is 1.78. The zero-order chi connectivity index (χ0) is 9.97. The maximum absolute atomic E-state index is 5.83. The van der Waals surface area contributed by atoms with Gasteiger partial charge in [-0.2, -0.15) is 0 Å². The van der Waals surface area contributed by atoms with Gasteiger partial charge in [0.05, 0.1) is 19.4 Å². The first-order valence-electron chi connectivity index (χ1n) is 4.82. The van der Waals surface area contributed by atoms with E-state index < -0.39 is 0 Å². The van der Waals surface area contributed by atoms with Crippen molar-refractivity contribution in [3.63, 3.8) is 0 Å². The summed E-state index contributed by atoms with van der Waals surface area (Å²) in [5.41, 5.74) is 7.79. The second-order valence-electron chi connectivity index (χ2n) is 3.56. The van der Waals surface area contributed by atoms with Crippen molar-refractivity contribution in [2.75, 3.05) is 26.1 Å². The summed E-state index contributed by atoms with van der Waals surface area (Å²) in [4.78, 5) is 0. The van der Waals surface area contributed by atoms with Crippen molar-refractivity contribution >= 4 is 5.69 Å². The van der Waals surface area contributed by atoms with E-state index in [2.05, 4.69) is 6.07 Å². The molecular formula is C11H15NO2. The van der Waals surface area contributed by atoms with Crippen molar-refractivity contribution in [1.29, 1.82) is 0 Å². The van der Waals surface area contributed by atoms with E-state index in [4.69, 9.17) is 15.2 Å². The van der Waals surface area contributed by atoms with Gasteiger partial charge in [-0.15, -0.1) is 0 Å². The van der Waals surface area contributed by atoms with E-state index in [0.29, 0.717) is 11.6 Å². The lowest BCUT2D eigenvalue weighted by atomic mass is 9.98. The average Bonchev–Trinajstić information content (AvgIpc) is 2.70. The van der Waals surface area contributed by atoms with Crippen molar-refractivity contribution < 1.29 is 9.47 Å². The summed E-state index contributed by atoms with van der Waals surface area (Å²) in [6.07, 6.45) is 1.09. The predicted molar refractivity (Wildman–Crippen MR) is 55.6 cm³/mol. The second-order valence-corrected chi connectivity index (χ2v) is 3.56. The average molecular weight is 193 g/mol. The summed E-state index contributed by atoms with van der Waals surface area (Å²) in [6.45, 7) is 1.67. The summed E-state index contributed by atoms with van der Waals surface area (Å²) in [5, 5.41) is 0. The molecule has 1 heterocycles. The van der Waals surface area contributed by atoms with Gasteiger partial charge in [-0.05, 0) is 24.1 Å². The van der Waals surface area contributed by atoms with Crippen LogP contribution in [-0.2, 0) is 4.74 Å². The summed E-state index contributed by atoms with van der Waals surface area (Å²) >= 11 is 0. The number of hydrogen-bond acceptors (Lipinski definition) is 3. The molecular weight excluding hydrogens is 178 g/mol. The molecule has 1 aliphatic heterocycles. The molecule has 1 unspecified atom stereocenters. The van der Waals surface area contributed by atoms with Crippen LogP contribution < -0.4 is 10.5 Å². The molecule has 0 aromatic heterocycles. The van der Waals surface area contributed by atoms with E-state index in [0.717, 1.165) is 25.4 Å². The van der Waals surface area contributed by atoms with Crippen LogP contribution in [0.15, 0.2) is 18.2 Å². The minimum Gasteiger partial charge on any atom is -0.495 e. The van der Waals surface area contributed by atoms with Crippen LogP contribution in [0, 0.1) is 0 Å². The third-order valence-electron chi connectivity index (χ3n) is 2.65. The number of nitrogen functional groups attached to an aromatic ring is 1. The van der Waals surface area contributed by atoms with Gasteiger partial charge in [0.1, 0.15) is 5.75 Å². The van der Waals surface area contributed by atoms with Gasteiger partial charge in [-0.3, -0.25) is 0 Å². The number of benzene rings is 1. The standard InChI is InChI=1S/C11H15NO2/c1-13-11-3-2-8(6-10(11)12)9-4-5-14-7-9/h2-3,6,9H,4-5,7,12H2,1H3. The number of hydrogen-bond donors (Lipinski definition) is 1. The lowest BCUT2D eigenvalue weighted by molar-refractivity contribution is 0.194. The first-order chi connectivity index (χ1) is 6.81. The number of ether oxygens (including phenoxy) is 2. The monoisotopic (exact) mass is 193 g/mol. The number of rotatable bonds is 2. The molecule has 1 saturated heterocycles. The van der Waals surface area contributed by atoms with E-state index in [9.17, 15) is 0 Å². The molecule has 0 radical (unpaired) electrons. The van der Waals surface area contributed by atoms with E-state index in [1.807, 2.05) is 12.1 Å². The molecule has 0 spiro atoms. The Labute approximate surface area is 83.8 Å². The molecule has 1 fully saturated rings. The molecule has 0 saturated carbocycles. The van der Waals surface area contributed by atoms with E-state index >= 15 is 0 Å². The normalized spacial score (nSPS) is 21.1. The smallest absolute Gasteiger partial charge is 0.141 e. The third-order valence-corrected chi connectivity index (χ3v) is 2.65. The van der Waals surface area contributed by atoms with Crippen molar-refractivity contribution in [2.24, 2.45) is 0 Å². The maximum Gasteiger partial charge on any atom is 0.141 e. The number of nitrogens with two attached hydrogens (primary N) is 1. The van der Waals surface area contributed by atoms with Crippen LogP contribution in [0.2, 0.25) is 0 Å². The first kappa shape index (κ1) is 9.34. The molecule has 1 atom stereocenters. The largest absolute Gasteiger partial charge is 0.495 e.